The maximum atomic E-state index is 13.3. The van der Waals surface area contributed by atoms with Crippen LogP contribution in [0.15, 0.2) is 34.4 Å². The zero-order valence-corrected chi connectivity index (χ0v) is 16.4. The molecular formula is C18H15ClFN3O4S. The fraction of sp³-hybridized carbons (Fsp3) is 0.222. The summed E-state index contributed by atoms with van der Waals surface area (Å²) in [5, 5.41) is 8.02. The topological polar surface area (TPSA) is 90.3 Å². The van der Waals surface area contributed by atoms with Crippen molar-refractivity contribution in [1.82, 2.24) is 9.78 Å². The minimum atomic E-state index is -0.817. The van der Waals surface area contributed by atoms with Crippen molar-refractivity contribution < 1.29 is 18.7 Å². The molecule has 1 atom stereocenters. The molecule has 146 valence electrons. The van der Waals surface area contributed by atoms with Gasteiger partial charge in [0.25, 0.3) is 5.56 Å². The molecule has 0 aliphatic carbocycles. The Bertz CT molecular complexity index is 1110. The summed E-state index contributed by atoms with van der Waals surface area (Å²) in [5.74, 6) is -1.69. The Hall–Kier alpha value is -2.78. The van der Waals surface area contributed by atoms with Gasteiger partial charge in [0.1, 0.15) is 16.2 Å². The van der Waals surface area contributed by atoms with Crippen LogP contribution >= 0.6 is 22.9 Å². The predicted molar refractivity (Wildman–Crippen MR) is 105 cm³/mol. The second-order valence-corrected chi connectivity index (χ2v) is 7.26. The number of halogens is 2. The number of carbonyl (C=O) groups excluding carboxylic acids is 2. The molecule has 0 saturated carbocycles. The largest absolute Gasteiger partial charge is 0.461 e. The molecule has 28 heavy (non-hydrogen) atoms. The zero-order valence-electron chi connectivity index (χ0n) is 14.9. The summed E-state index contributed by atoms with van der Waals surface area (Å²) < 4.78 is 19.3. The lowest BCUT2D eigenvalue weighted by Crippen LogP contribution is -2.26. The Morgan fingerprint density at radius 1 is 1.36 bits per heavy atom. The summed E-state index contributed by atoms with van der Waals surface area (Å²) in [4.78, 5) is 37.4. The standard InChI is InChI=1S/C18H15ClFN3O4S/c1-3-27-18(26)14-12-8-28-16(21-15(24)9(2)19)13(12)17(25)23(22-14)11-6-4-10(20)5-7-11/h4-9H,3H2,1-2H3,(H,21,24). The van der Waals surface area contributed by atoms with Crippen LogP contribution in [0.2, 0.25) is 0 Å². The van der Waals surface area contributed by atoms with Crippen LogP contribution in [0.1, 0.15) is 24.3 Å². The SMILES string of the molecule is CCOC(=O)c1nn(-c2ccc(F)cc2)c(=O)c2c(NC(=O)C(C)Cl)scc12. The number of ether oxygens (including phenoxy) is 1. The number of nitrogens with one attached hydrogen (secondary N) is 1. The minimum Gasteiger partial charge on any atom is -0.461 e. The van der Waals surface area contributed by atoms with Gasteiger partial charge in [-0.2, -0.15) is 9.78 Å². The molecule has 2 aromatic heterocycles. The van der Waals surface area contributed by atoms with Gasteiger partial charge in [0.2, 0.25) is 5.91 Å². The number of carbonyl (C=O) groups is 2. The molecule has 2 heterocycles. The molecule has 0 fully saturated rings. The number of alkyl halides is 1. The van der Waals surface area contributed by atoms with Crippen LogP contribution in [0.5, 0.6) is 0 Å². The first-order chi connectivity index (χ1) is 13.3. The lowest BCUT2D eigenvalue weighted by molar-refractivity contribution is -0.115. The predicted octanol–water partition coefficient (Wildman–Crippen LogP) is 3.33. The first kappa shape index (κ1) is 20.0. The van der Waals surface area contributed by atoms with Crippen molar-refractivity contribution in [2.75, 3.05) is 11.9 Å². The van der Waals surface area contributed by atoms with Crippen molar-refractivity contribution in [3.05, 3.63) is 51.5 Å². The highest BCUT2D eigenvalue weighted by atomic mass is 35.5. The average Bonchev–Trinajstić information content (AvgIpc) is 3.07. The van der Waals surface area contributed by atoms with E-state index in [-0.39, 0.29) is 33.8 Å². The highest BCUT2D eigenvalue weighted by Gasteiger charge is 2.23. The van der Waals surface area contributed by atoms with E-state index in [9.17, 15) is 18.8 Å². The van der Waals surface area contributed by atoms with Crippen LogP contribution in [-0.2, 0) is 9.53 Å². The summed E-state index contributed by atoms with van der Waals surface area (Å²) in [6.07, 6.45) is 0. The average molecular weight is 424 g/mol. The Kier molecular flexibility index (Phi) is 5.76. The molecule has 0 radical (unpaired) electrons. The third kappa shape index (κ3) is 3.76. The van der Waals surface area contributed by atoms with Gasteiger partial charge in [-0.05, 0) is 38.1 Å². The van der Waals surface area contributed by atoms with Gasteiger partial charge in [0, 0.05) is 10.8 Å². The second kappa shape index (κ2) is 8.07. The van der Waals surface area contributed by atoms with Crippen molar-refractivity contribution in [2.24, 2.45) is 0 Å². The number of rotatable bonds is 5. The molecule has 0 saturated heterocycles. The molecule has 0 aliphatic rings. The molecule has 10 heteroatoms. The normalized spacial score (nSPS) is 12.0. The zero-order chi connectivity index (χ0) is 20.4. The van der Waals surface area contributed by atoms with Crippen LogP contribution in [-0.4, -0.2) is 33.6 Å². The first-order valence-electron chi connectivity index (χ1n) is 8.26. The van der Waals surface area contributed by atoms with Gasteiger partial charge in [-0.1, -0.05) is 0 Å². The van der Waals surface area contributed by atoms with Gasteiger partial charge >= 0.3 is 5.97 Å². The van der Waals surface area contributed by atoms with E-state index >= 15 is 0 Å². The van der Waals surface area contributed by atoms with E-state index in [0.29, 0.717) is 0 Å². The number of esters is 1. The number of thiophene rings is 1. The quantitative estimate of drug-likeness (QED) is 0.502. The van der Waals surface area contributed by atoms with Gasteiger partial charge in [-0.25, -0.2) is 9.18 Å². The van der Waals surface area contributed by atoms with Gasteiger partial charge in [0.05, 0.1) is 17.7 Å². The molecule has 3 aromatic rings. The summed E-state index contributed by atoms with van der Waals surface area (Å²) in [7, 11) is 0. The molecule has 0 bridgehead atoms. The number of hydrogen-bond donors (Lipinski definition) is 1. The van der Waals surface area contributed by atoms with Gasteiger partial charge < -0.3 is 10.1 Å². The number of fused-ring (bicyclic) bond motifs is 1. The van der Waals surface area contributed by atoms with Crippen LogP contribution in [0, 0.1) is 5.82 Å². The lowest BCUT2D eigenvalue weighted by Gasteiger charge is -2.10. The van der Waals surface area contributed by atoms with Crippen molar-refractivity contribution in [1.29, 1.82) is 0 Å². The summed E-state index contributed by atoms with van der Waals surface area (Å²) >= 11 is 6.86. The van der Waals surface area contributed by atoms with Crippen LogP contribution in [0.4, 0.5) is 9.39 Å². The van der Waals surface area contributed by atoms with Crippen molar-refractivity contribution in [3.8, 4) is 5.69 Å². The van der Waals surface area contributed by atoms with Gasteiger partial charge in [0.15, 0.2) is 5.69 Å². The first-order valence-corrected chi connectivity index (χ1v) is 9.57. The smallest absolute Gasteiger partial charge is 0.359 e. The van der Waals surface area contributed by atoms with Crippen molar-refractivity contribution >= 4 is 50.6 Å². The van der Waals surface area contributed by atoms with E-state index in [0.717, 1.165) is 16.0 Å². The van der Waals surface area contributed by atoms with E-state index in [1.807, 2.05) is 0 Å². The van der Waals surface area contributed by atoms with E-state index in [4.69, 9.17) is 16.3 Å². The van der Waals surface area contributed by atoms with E-state index < -0.39 is 28.6 Å². The number of aromatic nitrogens is 2. The lowest BCUT2D eigenvalue weighted by atomic mass is 10.2. The molecular weight excluding hydrogens is 409 g/mol. The second-order valence-electron chi connectivity index (χ2n) is 5.72. The third-order valence-electron chi connectivity index (χ3n) is 3.79. The maximum Gasteiger partial charge on any atom is 0.359 e. The van der Waals surface area contributed by atoms with E-state index in [1.165, 1.54) is 31.2 Å². The number of benzene rings is 1. The number of nitrogens with zero attached hydrogens (tertiary/aromatic N) is 2. The summed E-state index contributed by atoms with van der Waals surface area (Å²) in [6.45, 7) is 3.26. The molecule has 7 nitrogen and oxygen atoms in total. The Balaban J connectivity index is 2.27. The molecule has 1 N–H and O–H groups in total. The van der Waals surface area contributed by atoms with Crippen LogP contribution in [0.25, 0.3) is 16.5 Å². The fourth-order valence-electron chi connectivity index (χ4n) is 2.46. The molecule has 3 rings (SSSR count). The molecule has 1 unspecified atom stereocenters. The fourth-order valence-corrected chi connectivity index (χ4v) is 3.45. The molecule has 1 amide bonds. The maximum absolute atomic E-state index is 13.3. The monoisotopic (exact) mass is 423 g/mol. The summed E-state index contributed by atoms with van der Waals surface area (Å²) in [6, 6.07) is 5.05. The third-order valence-corrected chi connectivity index (χ3v) is 4.88. The van der Waals surface area contributed by atoms with Gasteiger partial charge in [-0.15, -0.1) is 22.9 Å². The molecule has 0 aliphatic heterocycles. The van der Waals surface area contributed by atoms with Gasteiger partial charge in [-0.3, -0.25) is 9.59 Å². The number of amides is 1. The minimum absolute atomic E-state index is 0.0866. The van der Waals surface area contributed by atoms with Crippen LogP contribution < -0.4 is 10.9 Å². The Morgan fingerprint density at radius 2 is 2.04 bits per heavy atom. The van der Waals surface area contributed by atoms with Crippen molar-refractivity contribution in [2.45, 2.75) is 19.2 Å². The highest BCUT2D eigenvalue weighted by molar-refractivity contribution is 7.16. The Labute approximate surface area is 167 Å². The van der Waals surface area contributed by atoms with E-state index in [2.05, 4.69) is 10.4 Å². The number of anilines is 1. The number of hydrogen-bond acceptors (Lipinski definition) is 6. The molecule has 1 aromatic carbocycles. The van der Waals surface area contributed by atoms with Crippen LogP contribution in [0.3, 0.4) is 0 Å². The Morgan fingerprint density at radius 3 is 2.64 bits per heavy atom. The molecule has 0 spiro atoms. The van der Waals surface area contributed by atoms with E-state index in [1.54, 1.807) is 12.3 Å². The van der Waals surface area contributed by atoms with Crippen molar-refractivity contribution in [3.63, 3.8) is 0 Å². The highest BCUT2D eigenvalue weighted by Crippen LogP contribution is 2.31. The summed E-state index contributed by atoms with van der Waals surface area (Å²) in [5.41, 5.74) is -0.405.